The van der Waals surface area contributed by atoms with E-state index in [1.165, 1.54) is 32.7 Å². The quantitative estimate of drug-likeness (QED) is 0.564. The zero-order valence-electron chi connectivity index (χ0n) is 14.3. The van der Waals surface area contributed by atoms with Gasteiger partial charge in [0.05, 0.1) is 0 Å². The van der Waals surface area contributed by atoms with Gasteiger partial charge in [-0.1, -0.05) is 0 Å². The fourth-order valence-electron chi connectivity index (χ4n) is 3.42. The molecule has 0 spiro atoms. The highest BCUT2D eigenvalue weighted by Crippen LogP contribution is 2.43. The van der Waals surface area contributed by atoms with E-state index >= 15 is 0 Å². The highest BCUT2D eigenvalue weighted by molar-refractivity contribution is 6.84. The third kappa shape index (κ3) is 2.19. The van der Waals surface area contributed by atoms with Crippen molar-refractivity contribution in [2.24, 2.45) is 0 Å². The molecule has 112 valence electrons. The maximum absolute atomic E-state index is 6.09. The van der Waals surface area contributed by atoms with Gasteiger partial charge in [0, 0.05) is 24.6 Å². The third-order valence-electron chi connectivity index (χ3n) is 4.61. The van der Waals surface area contributed by atoms with Crippen LogP contribution in [0.3, 0.4) is 0 Å². The van der Waals surface area contributed by atoms with E-state index in [4.69, 9.17) is 8.85 Å². The van der Waals surface area contributed by atoms with Crippen LogP contribution in [0.5, 0.6) is 0 Å². The predicted molar refractivity (Wildman–Crippen MR) is 88.9 cm³/mol. The van der Waals surface area contributed by atoms with Crippen molar-refractivity contribution >= 4 is 8.56 Å². The predicted octanol–water partition coefficient (Wildman–Crippen LogP) is 4.44. The van der Waals surface area contributed by atoms with Crippen molar-refractivity contribution in [3.8, 4) is 0 Å². The van der Waals surface area contributed by atoms with E-state index in [0.29, 0.717) is 0 Å². The van der Waals surface area contributed by atoms with Gasteiger partial charge >= 0.3 is 8.56 Å². The smallest absolute Gasteiger partial charge is 0.391 e. The summed E-state index contributed by atoms with van der Waals surface area (Å²) in [5.74, 6) is 0. The molecule has 2 rings (SSSR count). The first kappa shape index (κ1) is 16.0. The molecule has 0 amide bonds. The first-order chi connectivity index (χ1) is 9.80. The summed E-state index contributed by atoms with van der Waals surface area (Å²) in [6, 6.07) is 0. The van der Waals surface area contributed by atoms with Crippen molar-refractivity contribution < 1.29 is 8.85 Å². The summed E-state index contributed by atoms with van der Waals surface area (Å²) in [4.78, 5) is 0. The van der Waals surface area contributed by atoms with Crippen LogP contribution in [-0.2, 0) is 8.85 Å². The summed E-state index contributed by atoms with van der Waals surface area (Å²) >= 11 is 0. The van der Waals surface area contributed by atoms with Gasteiger partial charge in [0.25, 0.3) is 0 Å². The minimum atomic E-state index is -2.69. The zero-order valence-corrected chi connectivity index (χ0v) is 15.3. The summed E-state index contributed by atoms with van der Waals surface area (Å²) in [5, 5.41) is 2.41. The summed E-state index contributed by atoms with van der Waals surface area (Å²) in [5.41, 5.74) is 14.0. The number of rotatable bonds is 4. The molecule has 0 atom stereocenters. The van der Waals surface area contributed by atoms with Crippen LogP contribution in [0.15, 0.2) is 55.3 Å². The van der Waals surface area contributed by atoms with E-state index in [9.17, 15) is 0 Å². The van der Waals surface area contributed by atoms with Crippen molar-refractivity contribution in [2.75, 3.05) is 14.2 Å². The van der Waals surface area contributed by atoms with E-state index in [2.05, 4.69) is 53.0 Å². The third-order valence-corrected chi connectivity index (χ3v) is 8.57. The molecule has 2 nitrogen and oxygen atoms in total. The van der Waals surface area contributed by atoms with Crippen LogP contribution in [0.1, 0.15) is 41.5 Å². The normalized spacial score (nSPS) is 19.0. The van der Waals surface area contributed by atoms with Gasteiger partial charge in [0.1, 0.15) is 0 Å². The largest absolute Gasteiger partial charge is 0.408 e. The molecular formula is C18H24O2Si. The lowest BCUT2D eigenvalue weighted by atomic mass is 10.2. The van der Waals surface area contributed by atoms with Gasteiger partial charge < -0.3 is 8.85 Å². The fraction of sp³-hybridized carbons (Fsp3) is 0.444. The van der Waals surface area contributed by atoms with E-state index in [0.717, 1.165) is 11.1 Å². The second kappa shape index (κ2) is 5.45. The lowest BCUT2D eigenvalue weighted by Gasteiger charge is -2.33. The SMILES string of the molecule is CO[Si](OC)(C1=C(C)C(C)=C=C1C)C1=C(C)C(C)=C=C1C. The van der Waals surface area contributed by atoms with Crippen molar-refractivity contribution in [3.05, 3.63) is 55.3 Å². The molecule has 0 unspecified atom stereocenters. The van der Waals surface area contributed by atoms with Gasteiger partial charge in [-0.05, 0) is 75.0 Å². The van der Waals surface area contributed by atoms with Crippen molar-refractivity contribution in [1.82, 2.24) is 0 Å². The fourth-order valence-corrected chi connectivity index (χ4v) is 7.12. The zero-order chi connectivity index (χ0) is 15.9. The maximum Gasteiger partial charge on any atom is 0.408 e. The Morgan fingerprint density at radius 2 is 0.952 bits per heavy atom. The van der Waals surface area contributed by atoms with E-state index in [-0.39, 0.29) is 0 Å². The highest BCUT2D eigenvalue weighted by atomic mass is 28.4. The molecular weight excluding hydrogens is 276 g/mol. The monoisotopic (exact) mass is 300 g/mol. The number of allylic oxidation sites excluding steroid dienone is 6. The Labute approximate surface area is 129 Å². The maximum atomic E-state index is 6.09. The Balaban J connectivity index is 2.73. The lowest BCUT2D eigenvalue weighted by Crippen LogP contribution is -2.47. The Morgan fingerprint density at radius 1 is 0.619 bits per heavy atom. The van der Waals surface area contributed by atoms with Crippen LogP contribution in [-0.4, -0.2) is 22.8 Å². The van der Waals surface area contributed by atoms with E-state index in [1.54, 1.807) is 14.2 Å². The molecule has 2 aliphatic rings. The van der Waals surface area contributed by atoms with Crippen LogP contribution in [0, 0.1) is 0 Å². The van der Waals surface area contributed by atoms with Crippen molar-refractivity contribution in [3.63, 3.8) is 0 Å². The van der Waals surface area contributed by atoms with Crippen LogP contribution >= 0.6 is 0 Å². The van der Waals surface area contributed by atoms with Crippen LogP contribution in [0.25, 0.3) is 0 Å². The van der Waals surface area contributed by atoms with E-state index in [1.807, 2.05) is 0 Å². The molecule has 0 fully saturated rings. The molecule has 0 aromatic carbocycles. The van der Waals surface area contributed by atoms with Crippen LogP contribution in [0.4, 0.5) is 0 Å². The number of hydrogen-bond acceptors (Lipinski definition) is 2. The first-order valence-electron chi connectivity index (χ1n) is 7.22. The summed E-state index contributed by atoms with van der Waals surface area (Å²) in [6.45, 7) is 12.7. The molecule has 0 aromatic rings. The molecule has 0 N–H and O–H groups in total. The van der Waals surface area contributed by atoms with Crippen LogP contribution in [0.2, 0.25) is 0 Å². The van der Waals surface area contributed by atoms with Gasteiger partial charge in [-0.15, -0.1) is 11.5 Å². The molecule has 0 heterocycles. The number of hydrogen-bond donors (Lipinski definition) is 0. The lowest BCUT2D eigenvalue weighted by molar-refractivity contribution is 0.263. The van der Waals surface area contributed by atoms with Crippen molar-refractivity contribution in [1.29, 1.82) is 0 Å². The minimum Gasteiger partial charge on any atom is -0.391 e. The average Bonchev–Trinajstić information content (AvgIpc) is 2.83. The molecule has 21 heavy (non-hydrogen) atoms. The van der Waals surface area contributed by atoms with Crippen LogP contribution < -0.4 is 0 Å². The molecule has 2 aliphatic carbocycles. The Bertz CT molecular complexity index is 642. The Hall–Kier alpha value is -1.34. The topological polar surface area (TPSA) is 18.5 Å². The molecule has 0 radical (unpaired) electrons. The van der Waals surface area contributed by atoms with Gasteiger partial charge in [0.2, 0.25) is 0 Å². The van der Waals surface area contributed by atoms with Gasteiger partial charge in [-0.3, -0.25) is 0 Å². The molecule has 0 aliphatic heterocycles. The van der Waals surface area contributed by atoms with Crippen molar-refractivity contribution in [2.45, 2.75) is 41.5 Å². The minimum absolute atomic E-state index is 1.14. The van der Waals surface area contributed by atoms with Gasteiger partial charge in [0.15, 0.2) is 0 Å². The Kier molecular flexibility index (Phi) is 4.16. The summed E-state index contributed by atoms with van der Waals surface area (Å²) in [6.07, 6.45) is 0. The molecule has 0 bridgehead atoms. The molecule has 3 heteroatoms. The highest BCUT2D eigenvalue weighted by Gasteiger charge is 2.50. The van der Waals surface area contributed by atoms with E-state index < -0.39 is 8.56 Å². The molecule has 0 aromatic heterocycles. The standard InChI is InChI=1S/C18H24O2Si/c1-11-9-13(3)17(15(11)5)21(19-7,20-8)18-14(4)10-12(2)16(18)6/h1-8H3. The molecule has 0 saturated heterocycles. The van der Waals surface area contributed by atoms with Gasteiger partial charge in [-0.25, -0.2) is 0 Å². The second-order valence-corrected chi connectivity index (χ2v) is 8.82. The average molecular weight is 300 g/mol. The summed E-state index contributed by atoms with van der Waals surface area (Å²) in [7, 11) is 0.829. The molecule has 0 saturated carbocycles. The summed E-state index contributed by atoms with van der Waals surface area (Å²) < 4.78 is 12.2. The first-order valence-corrected chi connectivity index (χ1v) is 9.04. The second-order valence-electron chi connectivity index (χ2n) is 5.77. The Morgan fingerprint density at radius 3 is 1.14 bits per heavy atom. The van der Waals surface area contributed by atoms with Gasteiger partial charge in [-0.2, -0.15) is 0 Å².